The van der Waals surface area contributed by atoms with Gasteiger partial charge in [-0.05, 0) is 57.0 Å². The average molecular weight is 339 g/mol. The lowest BCUT2D eigenvalue weighted by atomic mass is 9.96. The molecule has 2 heterocycles. The summed E-state index contributed by atoms with van der Waals surface area (Å²) < 4.78 is 5.94. The molecule has 1 aromatic carbocycles. The highest BCUT2D eigenvalue weighted by Crippen LogP contribution is 2.24. The fourth-order valence-electron chi connectivity index (χ4n) is 3.69. The predicted octanol–water partition coefficient (Wildman–Crippen LogP) is 2.08. The number of hydrogen-bond acceptors (Lipinski definition) is 4. The molecule has 23 heavy (non-hydrogen) atoms. The van der Waals surface area contributed by atoms with E-state index < -0.39 is 6.10 Å². The van der Waals surface area contributed by atoms with E-state index in [1.165, 1.54) is 18.4 Å². The van der Waals surface area contributed by atoms with Crippen LogP contribution in [0.4, 0.5) is 0 Å². The molecule has 0 aliphatic carbocycles. The van der Waals surface area contributed by atoms with Crippen molar-refractivity contribution in [2.24, 2.45) is 0 Å². The SMILES string of the molecule is C[C@@H](O)[C@H]1CN(C2CCNCC2)[C@@H](Cc2ccc(Cl)cc2)CO1. The molecule has 3 rings (SSSR count). The molecule has 4 nitrogen and oxygen atoms in total. The zero-order valence-corrected chi connectivity index (χ0v) is 14.5. The van der Waals surface area contributed by atoms with Crippen LogP contribution in [0.5, 0.6) is 0 Å². The summed E-state index contributed by atoms with van der Waals surface area (Å²) in [6.07, 6.45) is 2.81. The van der Waals surface area contributed by atoms with Crippen LogP contribution in [0.1, 0.15) is 25.3 Å². The van der Waals surface area contributed by atoms with Crippen molar-refractivity contribution < 1.29 is 9.84 Å². The summed E-state index contributed by atoms with van der Waals surface area (Å²) in [5.74, 6) is 0. The number of benzene rings is 1. The molecule has 0 saturated carbocycles. The summed E-state index contributed by atoms with van der Waals surface area (Å²) in [6, 6.07) is 9.06. The number of morpholine rings is 1. The van der Waals surface area contributed by atoms with E-state index >= 15 is 0 Å². The Hall–Kier alpha value is -0.650. The van der Waals surface area contributed by atoms with E-state index in [0.29, 0.717) is 18.7 Å². The van der Waals surface area contributed by atoms with Gasteiger partial charge in [0.15, 0.2) is 0 Å². The number of rotatable bonds is 4. The van der Waals surface area contributed by atoms with Crippen molar-refractivity contribution in [3.05, 3.63) is 34.9 Å². The maximum absolute atomic E-state index is 9.92. The molecule has 0 radical (unpaired) electrons. The fourth-order valence-corrected chi connectivity index (χ4v) is 3.81. The minimum Gasteiger partial charge on any atom is -0.391 e. The number of piperidine rings is 1. The van der Waals surface area contributed by atoms with Gasteiger partial charge in [-0.3, -0.25) is 4.90 Å². The molecule has 0 unspecified atom stereocenters. The minimum atomic E-state index is -0.421. The zero-order chi connectivity index (χ0) is 16.2. The summed E-state index contributed by atoms with van der Waals surface area (Å²) in [4.78, 5) is 2.58. The van der Waals surface area contributed by atoms with Gasteiger partial charge in [0.2, 0.25) is 0 Å². The zero-order valence-electron chi connectivity index (χ0n) is 13.7. The number of ether oxygens (including phenoxy) is 1. The molecule has 5 heteroatoms. The Balaban J connectivity index is 1.71. The number of aliphatic hydroxyl groups is 1. The number of nitrogens with zero attached hydrogens (tertiary/aromatic N) is 1. The van der Waals surface area contributed by atoms with Crippen molar-refractivity contribution in [2.45, 2.75) is 50.5 Å². The molecular formula is C18H27ClN2O2. The van der Waals surface area contributed by atoms with Crippen LogP contribution in [0, 0.1) is 0 Å². The summed E-state index contributed by atoms with van der Waals surface area (Å²) in [7, 11) is 0. The molecule has 0 bridgehead atoms. The van der Waals surface area contributed by atoms with E-state index in [0.717, 1.165) is 31.1 Å². The highest BCUT2D eigenvalue weighted by atomic mass is 35.5. The molecular weight excluding hydrogens is 312 g/mol. The van der Waals surface area contributed by atoms with Gasteiger partial charge in [0.25, 0.3) is 0 Å². The number of aliphatic hydroxyl groups excluding tert-OH is 1. The Morgan fingerprint density at radius 2 is 2.00 bits per heavy atom. The van der Waals surface area contributed by atoms with Crippen LogP contribution in [0.15, 0.2) is 24.3 Å². The number of halogens is 1. The van der Waals surface area contributed by atoms with Gasteiger partial charge in [0.05, 0.1) is 18.8 Å². The second-order valence-electron chi connectivity index (χ2n) is 6.77. The van der Waals surface area contributed by atoms with Crippen LogP contribution in [0.3, 0.4) is 0 Å². The number of nitrogens with one attached hydrogen (secondary N) is 1. The van der Waals surface area contributed by atoms with Crippen LogP contribution < -0.4 is 5.32 Å². The highest BCUT2D eigenvalue weighted by molar-refractivity contribution is 6.30. The van der Waals surface area contributed by atoms with E-state index in [9.17, 15) is 5.11 Å². The monoisotopic (exact) mass is 338 g/mol. The van der Waals surface area contributed by atoms with Crippen molar-refractivity contribution in [3.8, 4) is 0 Å². The quantitative estimate of drug-likeness (QED) is 0.882. The summed E-state index contributed by atoms with van der Waals surface area (Å²) in [5, 5.41) is 14.1. The van der Waals surface area contributed by atoms with Gasteiger partial charge in [-0.2, -0.15) is 0 Å². The van der Waals surface area contributed by atoms with Crippen molar-refractivity contribution in [3.63, 3.8) is 0 Å². The smallest absolute Gasteiger partial charge is 0.0958 e. The van der Waals surface area contributed by atoms with Crippen molar-refractivity contribution in [1.82, 2.24) is 10.2 Å². The van der Waals surface area contributed by atoms with Crippen LogP contribution in [0.25, 0.3) is 0 Å². The van der Waals surface area contributed by atoms with E-state index in [2.05, 4.69) is 22.3 Å². The molecule has 2 saturated heterocycles. The maximum Gasteiger partial charge on any atom is 0.0958 e. The molecule has 2 aliphatic rings. The van der Waals surface area contributed by atoms with Gasteiger partial charge in [0, 0.05) is 23.7 Å². The molecule has 3 atom stereocenters. The topological polar surface area (TPSA) is 44.7 Å². The maximum atomic E-state index is 9.92. The lowest BCUT2D eigenvalue weighted by molar-refractivity contribution is -0.120. The molecule has 128 valence electrons. The van der Waals surface area contributed by atoms with Crippen molar-refractivity contribution in [2.75, 3.05) is 26.2 Å². The third-order valence-corrected chi connectivity index (χ3v) is 5.31. The lowest BCUT2D eigenvalue weighted by Gasteiger charge is -2.46. The first kappa shape index (κ1) is 17.2. The normalized spacial score (nSPS) is 28.7. The van der Waals surface area contributed by atoms with Gasteiger partial charge in [-0.25, -0.2) is 0 Å². The second-order valence-corrected chi connectivity index (χ2v) is 7.21. The van der Waals surface area contributed by atoms with Crippen molar-refractivity contribution >= 4 is 11.6 Å². The average Bonchev–Trinajstić information content (AvgIpc) is 2.58. The Morgan fingerprint density at radius 3 is 2.65 bits per heavy atom. The van der Waals surface area contributed by atoms with Gasteiger partial charge in [-0.15, -0.1) is 0 Å². The molecule has 0 aromatic heterocycles. The first-order valence-electron chi connectivity index (χ1n) is 8.64. The van der Waals surface area contributed by atoms with E-state index in [1.54, 1.807) is 0 Å². The molecule has 2 N–H and O–H groups in total. The van der Waals surface area contributed by atoms with Gasteiger partial charge < -0.3 is 15.2 Å². The molecule has 0 spiro atoms. The minimum absolute atomic E-state index is 0.0775. The summed E-state index contributed by atoms with van der Waals surface area (Å²) >= 11 is 5.99. The highest BCUT2D eigenvalue weighted by Gasteiger charge is 2.35. The fraction of sp³-hybridized carbons (Fsp3) is 0.667. The van der Waals surface area contributed by atoms with Crippen LogP contribution in [-0.4, -0.2) is 60.5 Å². The van der Waals surface area contributed by atoms with Gasteiger partial charge in [-0.1, -0.05) is 23.7 Å². The second kappa shape index (κ2) is 7.95. The standard InChI is InChI=1S/C18H27ClN2O2/c1-13(22)18-11-21(16-6-8-20-9-7-16)17(12-23-18)10-14-2-4-15(19)5-3-14/h2-5,13,16-18,20,22H,6-12H2,1H3/t13-,17+,18-/m1/s1. The first-order valence-corrected chi connectivity index (χ1v) is 9.02. The van der Waals surface area contributed by atoms with Crippen LogP contribution in [0.2, 0.25) is 5.02 Å². The Bertz CT molecular complexity index is 488. The molecule has 2 fully saturated rings. The molecule has 0 amide bonds. The predicted molar refractivity (Wildman–Crippen MR) is 93.0 cm³/mol. The summed E-state index contributed by atoms with van der Waals surface area (Å²) in [5.41, 5.74) is 1.29. The van der Waals surface area contributed by atoms with Gasteiger partial charge in [0.1, 0.15) is 0 Å². The van der Waals surface area contributed by atoms with E-state index in [-0.39, 0.29) is 6.10 Å². The van der Waals surface area contributed by atoms with E-state index in [1.807, 2.05) is 19.1 Å². The largest absolute Gasteiger partial charge is 0.391 e. The third kappa shape index (κ3) is 4.46. The van der Waals surface area contributed by atoms with Crippen LogP contribution >= 0.6 is 11.6 Å². The van der Waals surface area contributed by atoms with Gasteiger partial charge >= 0.3 is 0 Å². The molecule has 2 aliphatic heterocycles. The van der Waals surface area contributed by atoms with E-state index in [4.69, 9.17) is 16.3 Å². The Labute approximate surface area is 143 Å². The van der Waals surface area contributed by atoms with Crippen LogP contribution in [-0.2, 0) is 11.2 Å². The molecule has 1 aromatic rings. The summed E-state index contributed by atoms with van der Waals surface area (Å²) in [6.45, 7) is 5.48. The third-order valence-electron chi connectivity index (χ3n) is 5.06. The lowest BCUT2D eigenvalue weighted by Crippen LogP contribution is -2.58. The first-order chi connectivity index (χ1) is 11.1. The number of hydrogen-bond donors (Lipinski definition) is 2. The van der Waals surface area contributed by atoms with Crippen molar-refractivity contribution in [1.29, 1.82) is 0 Å². The Kier molecular flexibility index (Phi) is 5.94. The Morgan fingerprint density at radius 1 is 1.30 bits per heavy atom.